The molecule has 182 valence electrons. The summed E-state index contributed by atoms with van der Waals surface area (Å²) >= 11 is 0. The van der Waals surface area contributed by atoms with Gasteiger partial charge in [-0.25, -0.2) is 4.79 Å². The van der Waals surface area contributed by atoms with Crippen LogP contribution in [0.1, 0.15) is 95.1 Å². The normalized spacial score (nSPS) is 11.4. The molecule has 0 saturated carbocycles. The maximum atomic E-state index is 12.9. The van der Waals surface area contributed by atoms with Crippen LogP contribution < -0.4 is 5.73 Å². The second-order valence-corrected chi connectivity index (χ2v) is 8.86. The number of nitrogens with two attached hydrogens (primary N) is 1. The standard InChI is InChI=1S/C30H40N2O2/c1-2-3-4-5-6-7-8-9-10-11-18-23-28(32)34-30(33)27(24-31)29(25-19-14-12-15-20-25)26-21-16-13-17-22-26/h12-17,19-22,28H,2-11,18,23,32H2,1H3. The number of ether oxygens (including phenoxy) is 1. The van der Waals surface area contributed by atoms with Crippen molar-refractivity contribution in [2.75, 3.05) is 0 Å². The van der Waals surface area contributed by atoms with Crippen molar-refractivity contribution in [3.63, 3.8) is 0 Å². The number of nitrogens with zero attached hydrogens (tertiary/aromatic N) is 1. The molecule has 0 fully saturated rings. The van der Waals surface area contributed by atoms with Crippen molar-refractivity contribution in [3.05, 3.63) is 77.4 Å². The van der Waals surface area contributed by atoms with E-state index in [9.17, 15) is 10.1 Å². The van der Waals surface area contributed by atoms with Crippen molar-refractivity contribution in [1.29, 1.82) is 5.26 Å². The number of hydrogen-bond acceptors (Lipinski definition) is 4. The smallest absolute Gasteiger partial charge is 0.351 e. The molecule has 0 aromatic heterocycles. The lowest BCUT2D eigenvalue weighted by Crippen LogP contribution is -2.28. The number of unbranched alkanes of at least 4 members (excludes halogenated alkanes) is 10. The molecule has 0 radical (unpaired) electrons. The SMILES string of the molecule is CCCCCCCCCCCCCC(N)OC(=O)C(C#N)=C(c1ccccc1)c1ccccc1. The highest BCUT2D eigenvalue weighted by Crippen LogP contribution is 2.27. The lowest BCUT2D eigenvalue weighted by atomic mass is 9.93. The molecule has 4 nitrogen and oxygen atoms in total. The van der Waals surface area contributed by atoms with E-state index in [-0.39, 0.29) is 5.57 Å². The van der Waals surface area contributed by atoms with Gasteiger partial charge in [0.1, 0.15) is 11.6 Å². The zero-order valence-corrected chi connectivity index (χ0v) is 20.7. The first-order valence-corrected chi connectivity index (χ1v) is 12.9. The van der Waals surface area contributed by atoms with Gasteiger partial charge in [-0.05, 0) is 24.0 Å². The van der Waals surface area contributed by atoms with E-state index in [2.05, 4.69) is 13.0 Å². The van der Waals surface area contributed by atoms with E-state index in [0.29, 0.717) is 12.0 Å². The van der Waals surface area contributed by atoms with Gasteiger partial charge >= 0.3 is 5.97 Å². The summed E-state index contributed by atoms with van der Waals surface area (Å²) in [7, 11) is 0. The largest absolute Gasteiger partial charge is 0.443 e. The predicted molar refractivity (Wildman–Crippen MR) is 140 cm³/mol. The van der Waals surface area contributed by atoms with Gasteiger partial charge in [0.05, 0.1) is 0 Å². The minimum Gasteiger partial charge on any atom is -0.443 e. The molecule has 2 N–H and O–H groups in total. The Labute approximate surface area is 205 Å². The maximum Gasteiger partial charge on any atom is 0.351 e. The molecule has 1 unspecified atom stereocenters. The minimum absolute atomic E-state index is 0.0215. The molecule has 2 rings (SSSR count). The van der Waals surface area contributed by atoms with Crippen LogP contribution in [0.15, 0.2) is 66.2 Å². The van der Waals surface area contributed by atoms with E-state index in [1.54, 1.807) is 0 Å². The Morgan fingerprint density at radius 1 is 0.794 bits per heavy atom. The first kappa shape index (κ1) is 27.3. The summed E-state index contributed by atoms with van der Waals surface area (Å²) in [5.74, 6) is -0.666. The lowest BCUT2D eigenvalue weighted by molar-refractivity contribution is -0.143. The molecule has 0 saturated heterocycles. The number of nitriles is 1. The summed E-state index contributed by atoms with van der Waals surface area (Å²) in [5, 5.41) is 9.83. The van der Waals surface area contributed by atoms with E-state index in [4.69, 9.17) is 10.5 Å². The van der Waals surface area contributed by atoms with Crippen LogP contribution in [0.3, 0.4) is 0 Å². The summed E-state index contributed by atoms with van der Waals surface area (Å²) in [6.07, 6.45) is 13.7. The number of esters is 1. The van der Waals surface area contributed by atoms with E-state index >= 15 is 0 Å². The van der Waals surface area contributed by atoms with E-state index in [1.165, 1.54) is 57.8 Å². The number of benzene rings is 2. The molecule has 0 aliphatic heterocycles. The highest BCUT2D eigenvalue weighted by Gasteiger charge is 2.21. The highest BCUT2D eigenvalue weighted by molar-refractivity contribution is 6.05. The van der Waals surface area contributed by atoms with Gasteiger partial charge in [0.15, 0.2) is 6.23 Å². The van der Waals surface area contributed by atoms with E-state index in [0.717, 1.165) is 24.0 Å². The van der Waals surface area contributed by atoms with Gasteiger partial charge < -0.3 is 4.74 Å². The third kappa shape index (κ3) is 9.93. The summed E-state index contributed by atoms with van der Waals surface area (Å²) in [6.45, 7) is 2.25. The number of carbonyl (C=O) groups is 1. The van der Waals surface area contributed by atoms with Crippen LogP contribution in [-0.2, 0) is 9.53 Å². The molecule has 0 spiro atoms. The molecule has 34 heavy (non-hydrogen) atoms. The molecule has 2 aromatic carbocycles. The van der Waals surface area contributed by atoms with Gasteiger partial charge in [-0.3, -0.25) is 5.73 Å². The van der Waals surface area contributed by atoms with Crippen molar-refractivity contribution in [2.45, 2.75) is 90.2 Å². The van der Waals surface area contributed by atoms with Crippen molar-refractivity contribution in [1.82, 2.24) is 0 Å². The van der Waals surface area contributed by atoms with Crippen LogP contribution in [0.4, 0.5) is 0 Å². The molecule has 0 bridgehead atoms. The predicted octanol–water partition coefficient (Wildman–Crippen LogP) is 7.54. The fourth-order valence-electron chi connectivity index (χ4n) is 4.13. The van der Waals surface area contributed by atoms with Crippen molar-refractivity contribution >= 4 is 11.5 Å². The third-order valence-electron chi connectivity index (χ3n) is 6.04. The fraction of sp³-hybridized carbons (Fsp3) is 0.467. The Balaban J connectivity index is 1.83. The Bertz CT molecular complexity index is 859. The molecule has 2 aromatic rings. The van der Waals surface area contributed by atoms with Gasteiger partial charge in [0, 0.05) is 5.57 Å². The first-order chi connectivity index (χ1) is 16.7. The van der Waals surface area contributed by atoms with E-state index in [1.807, 2.05) is 60.7 Å². The zero-order valence-electron chi connectivity index (χ0n) is 20.7. The van der Waals surface area contributed by atoms with Gasteiger partial charge in [-0.1, -0.05) is 132 Å². The average Bonchev–Trinajstić information content (AvgIpc) is 2.86. The van der Waals surface area contributed by atoms with Crippen LogP contribution in [-0.4, -0.2) is 12.2 Å². The number of hydrogen-bond donors (Lipinski definition) is 1. The van der Waals surface area contributed by atoms with Crippen LogP contribution in [0.25, 0.3) is 5.57 Å². The molecule has 0 aliphatic carbocycles. The van der Waals surface area contributed by atoms with Gasteiger partial charge in [-0.2, -0.15) is 5.26 Å². The summed E-state index contributed by atoms with van der Waals surface area (Å²) in [6, 6.07) is 21.0. The molecule has 0 amide bonds. The molecule has 4 heteroatoms. The third-order valence-corrected chi connectivity index (χ3v) is 6.04. The summed E-state index contributed by atoms with van der Waals surface area (Å²) in [5.41, 5.74) is 8.22. The average molecular weight is 461 g/mol. The Morgan fingerprint density at radius 2 is 1.24 bits per heavy atom. The van der Waals surface area contributed by atoms with Gasteiger partial charge in [0.2, 0.25) is 0 Å². The monoisotopic (exact) mass is 460 g/mol. The van der Waals surface area contributed by atoms with E-state index < -0.39 is 12.2 Å². The molecular formula is C30H40N2O2. The van der Waals surface area contributed by atoms with Crippen molar-refractivity contribution in [3.8, 4) is 6.07 Å². The molecule has 1 atom stereocenters. The molecular weight excluding hydrogens is 420 g/mol. The zero-order chi connectivity index (χ0) is 24.4. The Hall–Kier alpha value is -2.90. The minimum atomic E-state index is -0.706. The second kappa shape index (κ2) is 16.7. The molecule has 0 heterocycles. The summed E-state index contributed by atoms with van der Waals surface area (Å²) < 4.78 is 5.48. The molecule has 0 aliphatic rings. The van der Waals surface area contributed by atoms with Crippen LogP contribution in [0.2, 0.25) is 0 Å². The van der Waals surface area contributed by atoms with Crippen molar-refractivity contribution < 1.29 is 9.53 Å². The Morgan fingerprint density at radius 3 is 1.68 bits per heavy atom. The summed E-state index contributed by atoms with van der Waals surface area (Å²) in [4.78, 5) is 12.9. The van der Waals surface area contributed by atoms with Gasteiger partial charge in [0.25, 0.3) is 0 Å². The van der Waals surface area contributed by atoms with Crippen LogP contribution >= 0.6 is 0 Å². The quantitative estimate of drug-likeness (QED) is 0.0922. The fourth-order valence-corrected chi connectivity index (χ4v) is 4.13. The first-order valence-electron chi connectivity index (χ1n) is 12.9. The topological polar surface area (TPSA) is 76.1 Å². The maximum absolute atomic E-state index is 12.9. The van der Waals surface area contributed by atoms with Gasteiger partial charge in [-0.15, -0.1) is 0 Å². The highest BCUT2D eigenvalue weighted by atomic mass is 16.6. The van der Waals surface area contributed by atoms with Crippen LogP contribution in [0.5, 0.6) is 0 Å². The Kier molecular flexibility index (Phi) is 13.4. The number of rotatable bonds is 16. The van der Waals surface area contributed by atoms with Crippen LogP contribution in [0, 0.1) is 11.3 Å². The number of carbonyl (C=O) groups excluding carboxylic acids is 1. The lowest BCUT2D eigenvalue weighted by Gasteiger charge is -2.15. The van der Waals surface area contributed by atoms with Crippen molar-refractivity contribution in [2.24, 2.45) is 5.73 Å². The second-order valence-electron chi connectivity index (χ2n) is 8.86.